The van der Waals surface area contributed by atoms with Gasteiger partial charge in [0, 0.05) is 35.8 Å². The Balaban J connectivity index is 1.36. The highest BCUT2D eigenvalue weighted by Crippen LogP contribution is 2.23. The van der Waals surface area contributed by atoms with E-state index in [1.165, 1.54) is 28.3 Å². The number of nitrogens with zero attached hydrogens (tertiary/aromatic N) is 7. The van der Waals surface area contributed by atoms with Crippen molar-refractivity contribution in [2.45, 2.75) is 26.4 Å². The summed E-state index contributed by atoms with van der Waals surface area (Å²) in [6, 6.07) is 6.28. The zero-order valence-electron chi connectivity index (χ0n) is 16.2. The van der Waals surface area contributed by atoms with Gasteiger partial charge in [0.05, 0.1) is 11.5 Å². The molecule has 0 aliphatic carbocycles. The predicted octanol–water partition coefficient (Wildman–Crippen LogP) is 3.97. The van der Waals surface area contributed by atoms with Crippen LogP contribution in [0.5, 0.6) is 0 Å². The first kappa shape index (κ1) is 20.9. The molecule has 0 atom stereocenters. The highest BCUT2D eigenvalue weighted by atomic mass is 35.5. The second-order valence-electron chi connectivity index (χ2n) is 6.59. The van der Waals surface area contributed by atoms with Crippen LogP contribution in [-0.4, -0.2) is 34.7 Å². The Morgan fingerprint density at radius 2 is 2.10 bits per heavy atom. The van der Waals surface area contributed by atoms with Crippen molar-refractivity contribution in [1.29, 1.82) is 0 Å². The lowest BCUT2D eigenvalue weighted by Crippen LogP contribution is -2.04. The summed E-state index contributed by atoms with van der Waals surface area (Å²) in [4.78, 5) is 10.5. The molecule has 4 aromatic rings. The maximum atomic E-state index is 14.0. The molecule has 31 heavy (non-hydrogen) atoms. The van der Waals surface area contributed by atoms with Crippen molar-refractivity contribution in [2.24, 2.45) is 0 Å². The van der Waals surface area contributed by atoms with Crippen LogP contribution in [0.15, 0.2) is 36.7 Å². The number of rotatable bonds is 8. The van der Waals surface area contributed by atoms with E-state index < -0.39 is 4.92 Å². The van der Waals surface area contributed by atoms with Crippen molar-refractivity contribution in [2.75, 3.05) is 5.32 Å². The first-order valence-corrected chi connectivity index (χ1v) is 10.3. The largest absolute Gasteiger partial charge is 0.313 e. The monoisotopic (exact) mass is 462 g/mol. The fourth-order valence-corrected chi connectivity index (χ4v) is 3.85. The number of aromatic nitrogens is 6. The average molecular weight is 463 g/mol. The minimum Gasteiger partial charge on any atom is -0.313 e. The number of anilines is 2. The molecule has 0 radical (unpaired) electrons. The Kier molecular flexibility index (Phi) is 5.91. The van der Waals surface area contributed by atoms with Crippen molar-refractivity contribution in [3.8, 4) is 0 Å². The standard InChI is InChI=1S/C18H16ClFN8O2S/c1-11-15(28(29)30)10-27(24-11)8-6-17-22-23-18(31-17)21-16-5-7-26(25-16)9-12-13(19)3-2-4-14(12)20/h2-5,7,10H,6,8-9H2,1H3,(H,21,23,25). The molecular formula is C18H16ClFN8O2S. The van der Waals surface area contributed by atoms with Crippen molar-refractivity contribution < 1.29 is 9.31 Å². The lowest BCUT2D eigenvalue weighted by Gasteiger charge is -2.05. The van der Waals surface area contributed by atoms with Gasteiger partial charge in [0.25, 0.3) is 0 Å². The van der Waals surface area contributed by atoms with Crippen LogP contribution in [0.2, 0.25) is 5.02 Å². The van der Waals surface area contributed by atoms with Gasteiger partial charge in [0.1, 0.15) is 22.7 Å². The molecular weight excluding hydrogens is 447 g/mol. The molecule has 0 saturated heterocycles. The summed E-state index contributed by atoms with van der Waals surface area (Å²) in [7, 11) is 0. The quantitative estimate of drug-likeness (QED) is 0.311. The molecule has 0 bridgehead atoms. The van der Waals surface area contributed by atoms with Crippen LogP contribution in [0.4, 0.5) is 21.0 Å². The molecule has 13 heteroatoms. The maximum Gasteiger partial charge on any atom is 0.309 e. The smallest absolute Gasteiger partial charge is 0.309 e. The molecule has 0 aliphatic heterocycles. The van der Waals surface area contributed by atoms with E-state index in [-0.39, 0.29) is 18.0 Å². The summed E-state index contributed by atoms with van der Waals surface area (Å²) < 4.78 is 17.0. The number of hydrogen-bond donors (Lipinski definition) is 1. The van der Waals surface area contributed by atoms with Gasteiger partial charge in [-0.15, -0.1) is 10.2 Å². The van der Waals surface area contributed by atoms with Crippen LogP contribution in [0.25, 0.3) is 0 Å². The third kappa shape index (κ3) is 4.86. The topological polar surface area (TPSA) is 117 Å². The Hall–Kier alpha value is -3.38. The van der Waals surface area contributed by atoms with Gasteiger partial charge >= 0.3 is 5.69 Å². The highest BCUT2D eigenvalue weighted by Gasteiger charge is 2.16. The Morgan fingerprint density at radius 3 is 2.84 bits per heavy atom. The van der Waals surface area contributed by atoms with E-state index in [0.29, 0.717) is 40.2 Å². The zero-order chi connectivity index (χ0) is 22.0. The lowest BCUT2D eigenvalue weighted by atomic mass is 10.2. The fourth-order valence-electron chi connectivity index (χ4n) is 2.89. The van der Waals surface area contributed by atoms with E-state index in [1.807, 2.05) is 0 Å². The maximum absolute atomic E-state index is 14.0. The summed E-state index contributed by atoms with van der Waals surface area (Å²) >= 11 is 7.41. The molecule has 1 N–H and O–H groups in total. The average Bonchev–Trinajstić information content (AvgIpc) is 3.44. The Bertz CT molecular complexity index is 1220. The number of hydrogen-bond acceptors (Lipinski definition) is 8. The second kappa shape index (κ2) is 8.78. The van der Waals surface area contributed by atoms with Crippen LogP contribution in [0.1, 0.15) is 16.3 Å². The number of nitrogens with one attached hydrogen (secondary N) is 1. The third-order valence-electron chi connectivity index (χ3n) is 4.40. The molecule has 10 nitrogen and oxygen atoms in total. The molecule has 0 saturated carbocycles. The summed E-state index contributed by atoms with van der Waals surface area (Å²) in [5, 5.41) is 32.3. The molecule has 0 unspecified atom stereocenters. The van der Waals surface area contributed by atoms with E-state index in [4.69, 9.17) is 11.6 Å². The van der Waals surface area contributed by atoms with Crippen LogP contribution >= 0.6 is 22.9 Å². The molecule has 4 rings (SSSR count). The van der Waals surface area contributed by atoms with Crippen molar-refractivity contribution in [1.82, 2.24) is 29.8 Å². The van der Waals surface area contributed by atoms with Gasteiger partial charge in [-0.05, 0) is 19.1 Å². The zero-order valence-corrected chi connectivity index (χ0v) is 17.8. The fraction of sp³-hybridized carbons (Fsp3) is 0.222. The normalized spacial score (nSPS) is 11.1. The van der Waals surface area contributed by atoms with Crippen LogP contribution < -0.4 is 5.32 Å². The van der Waals surface area contributed by atoms with Gasteiger partial charge < -0.3 is 5.32 Å². The van der Waals surface area contributed by atoms with Gasteiger partial charge in [-0.25, -0.2) is 4.39 Å². The van der Waals surface area contributed by atoms with Crippen LogP contribution in [0.3, 0.4) is 0 Å². The predicted molar refractivity (Wildman–Crippen MR) is 113 cm³/mol. The molecule has 0 spiro atoms. The van der Waals surface area contributed by atoms with Gasteiger partial charge in [-0.1, -0.05) is 29.0 Å². The van der Waals surface area contributed by atoms with Gasteiger partial charge in [-0.3, -0.25) is 19.5 Å². The van der Waals surface area contributed by atoms with Gasteiger partial charge in [0.2, 0.25) is 5.13 Å². The Labute approximate surface area is 184 Å². The molecule has 1 aromatic carbocycles. The van der Waals surface area contributed by atoms with Crippen molar-refractivity contribution >= 4 is 39.6 Å². The SMILES string of the molecule is Cc1nn(CCc2nnc(Nc3ccn(Cc4c(F)cccc4Cl)n3)s2)cc1[N+](=O)[O-]. The molecule has 3 aromatic heterocycles. The van der Waals surface area contributed by atoms with Crippen molar-refractivity contribution in [3.63, 3.8) is 0 Å². The minimum absolute atomic E-state index is 0.00752. The molecule has 0 amide bonds. The van der Waals surface area contributed by atoms with E-state index in [2.05, 4.69) is 25.7 Å². The number of aryl methyl sites for hydroxylation is 3. The van der Waals surface area contributed by atoms with Gasteiger partial charge in [0.15, 0.2) is 5.82 Å². The van der Waals surface area contributed by atoms with Crippen LogP contribution in [-0.2, 0) is 19.5 Å². The number of nitro groups is 1. The molecule has 160 valence electrons. The minimum atomic E-state index is -0.453. The van der Waals surface area contributed by atoms with Crippen molar-refractivity contribution in [3.05, 3.63) is 73.9 Å². The molecule has 0 aliphatic rings. The molecule has 3 heterocycles. The highest BCUT2D eigenvalue weighted by molar-refractivity contribution is 7.15. The van der Waals surface area contributed by atoms with E-state index in [1.54, 1.807) is 36.0 Å². The first-order valence-electron chi connectivity index (χ1n) is 9.13. The summed E-state index contributed by atoms with van der Waals surface area (Å²) in [5.74, 6) is 0.150. The molecule has 0 fully saturated rings. The van der Waals surface area contributed by atoms with Gasteiger partial charge in [-0.2, -0.15) is 10.2 Å². The first-order chi connectivity index (χ1) is 14.9. The van der Waals surface area contributed by atoms with E-state index >= 15 is 0 Å². The van der Waals surface area contributed by atoms with E-state index in [0.717, 1.165) is 5.01 Å². The van der Waals surface area contributed by atoms with E-state index in [9.17, 15) is 14.5 Å². The summed E-state index contributed by atoms with van der Waals surface area (Å²) in [5.41, 5.74) is 0.731. The summed E-state index contributed by atoms with van der Waals surface area (Å²) in [6.45, 7) is 2.24. The number of halogens is 2. The lowest BCUT2D eigenvalue weighted by molar-refractivity contribution is -0.385. The number of benzene rings is 1. The van der Waals surface area contributed by atoms with Crippen LogP contribution in [0, 0.1) is 22.9 Å². The second-order valence-corrected chi connectivity index (χ2v) is 8.06. The third-order valence-corrected chi connectivity index (χ3v) is 5.65. The summed E-state index contributed by atoms with van der Waals surface area (Å²) in [6.07, 6.45) is 3.64. The Morgan fingerprint density at radius 1 is 1.26 bits per heavy atom.